The SMILES string of the molecule is CCOC(=O)c1cc(C)c(C#N)c(Br)c1. The number of rotatable bonds is 2. The van der Waals surface area contributed by atoms with Crippen LogP contribution >= 0.6 is 15.9 Å². The summed E-state index contributed by atoms with van der Waals surface area (Å²) in [6, 6.07) is 5.32. The number of carbonyl (C=O) groups is 1. The van der Waals surface area contributed by atoms with Crippen molar-refractivity contribution in [1.29, 1.82) is 5.26 Å². The first-order chi connectivity index (χ1) is 7.10. The topological polar surface area (TPSA) is 50.1 Å². The Kier molecular flexibility index (Phi) is 3.87. The van der Waals surface area contributed by atoms with Gasteiger partial charge in [0.2, 0.25) is 0 Å². The average Bonchev–Trinajstić information content (AvgIpc) is 2.17. The fourth-order valence-electron chi connectivity index (χ4n) is 1.22. The summed E-state index contributed by atoms with van der Waals surface area (Å²) in [6.07, 6.45) is 0. The monoisotopic (exact) mass is 267 g/mol. The molecular formula is C11H10BrNO2. The van der Waals surface area contributed by atoms with E-state index in [2.05, 4.69) is 22.0 Å². The highest BCUT2D eigenvalue weighted by Crippen LogP contribution is 2.22. The van der Waals surface area contributed by atoms with Gasteiger partial charge in [0.15, 0.2) is 0 Å². The predicted molar refractivity (Wildman–Crippen MR) is 59.6 cm³/mol. The maximum Gasteiger partial charge on any atom is 0.338 e. The minimum Gasteiger partial charge on any atom is -0.462 e. The van der Waals surface area contributed by atoms with Crippen LogP contribution in [0.15, 0.2) is 16.6 Å². The predicted octanol–water partition coefficient (Wildman–Crippen LogP) is 2.81. The van der Waals surface area contributed by atoms with Crippen molar-refractivity contribution in [2.75, 3.05) is 6.61 Å². The number of hydrogen-bond donors (Lipinski definition) is 0. The van der Waals surface area contributed by atoms with Crippen molar-refractivity contribution < 1.29 is 9.53 Å². The zero-order chi connectivity index (χ0) is 11.4. The van der Waals surface area contributed by atoms with Crippen LogP contribution in [-0.4, -0.2) is 12.6 Å². The van der Waals surface area contributed by atoms with Crippen LogP contribution < -0.4 is 0 Å². The molecule has 0 aliphatic rings. The number of halogens is 1. The third-order valence-electron chi connectivity index (χ3n) is 1.91. The Morgan fingerprint density at radius 2 is 2.27 bits per heavy atom. The second-order valence-corrected chi connectivity index (χ2v) is 3.84. The Labute approximate surface area is 96.8 Å². The molecule has 0 aromatic heterocycles. The van der Waals surface area contributed by atoms with Crippen LogP contribution in [0.3, 0.4) is 0 Å². The van der Waals surface area contributed by atoms with Crippen molar-refractivity contribution >= 4 is 21.9 Å². The molecule has 0 saturated heterocycles. The average molecular weight is 268 g/mol. The van der Waals surface area contributed by atoms with Gasteiger partial charge in [-0.2, -0.15) is 5.26 Å². The number of carbonyl (C=O) groups excluding carboxylic acids is 1. The van der Waals surface area contributed by atoms with Crippen LogP contribution in [0.1, 0.15) is 28.4 Å². The number of nitrogens with zero attached hydrogens (tertiary/aromatic N) is 1. The molecule has 0 heterocycles. The molecule has 0 saturated carbocycles. The van der Waals surface area contributed by atoms with Gasteiger partial charge in [-0.15, -0.1) is 0 Å². The molecule has 0 aliphatic carbocycles. The van der Waals surface area contributed by atoms with E-state index in [0.29, 0.717) is 22.2 Å². The fraction of sp³-hybridized carbons (Fsp3) is 0.273. The minimum atomic E-state index is -0.370. The second-order valence-electron chi connectivity index (χ2n) is 2.98. The maximum absolute atomic E-state index is 11.4. The summed E-state index contributed by atoms with van der Waals surface area (Å²) in [6.45, 7) is 3.88. The van der Waals surface area contributed by atoms with Crippen LogP contribution in [0.4, 0.5) is 0 Å². The van der Waals surface area contributed by atoms with E-state index in [-0.39, 0.29) is 5.97 Å². The lowest BCUT2D eigenvalue weighted by molar-refractivity contribution is 0.0526. The van der Waals surface area contributed by atoms with Gasteiger partial charge in [0.1, 0.15) is 6.07 Å². The van der Waals surface area contributed by atoms with E-state index in [4.69, 9.17) is 10.00 Å². The van der Waals surface area contributed by atoms with Crippen LogP contribution in [0.2, 0.25) is 0 Å². The molecular weight excluding hydrogens is 258 g/mol. The van der Waals surface area contributed by atoms with E-state index >= 15 is 0 Å². The van der Waals surface area contributed by atoms with Gasteiger partial charge >= 0.3 is 5.97 Å². The Bertz CT molecular complexity index is 412. The molecule has 0 bridgehead atoms. The molecule has 78 valence electrons. The van der Waals surface area contributed by atoms with E-state index in [1.165, 1.54) is 0 Å². The molecule has 0 amide bonds. The smallest absolute Gasteiger partial charge is 0.338 e. The van der Waals surface area contributed by atoms with Crippen molar-refractivity contribution in [1.82, 2.24) is 0 Å². The standard InChI is InChI=1S/C11H10BrNO2/c1-3-15-11(14)8-4-7(2)9(6-13)10(12)5-8/h4-5H,3H2,1-2H3. The highest BCUT2D eigenvalue weighted by Gasteiger charge is 2.11. The van der Waals surface area contributed by atoms with Gasteiger partial charge in [0, 0.05) is 4.47 Å². The normalized spacial score (nSPS) is 9.47. The molecule has 0 radical (unpaired) electrons. The maximum atomic E-state index is 11.4. The van der Waals surface area contributed by atoms with Gasteiger partial charge in [-0.25, -0.2) is 4.79 Å². The largest absolute Gasteiger partial charge is 0.462 e. The van der Waals surface area contributed by atoms with Gasteiger partial charge in [0.25, 0.3) is 0 Å². The van der Waals surface area contributed by atoms with Gasteiger partial charge < -0.3 is 4.74 Å². The molecule has 1 aromatic rings. The van der Waals surface area contributed by atoms with Gasteiger partial charge in [0.05, 0.1) is 17.7 Å². The Balaban J connectivity index is 3.15. The summed E-state index contributed by atoms with van der Waals surface area (Å²) in [5.74, 6) is -0.370. The molecule has 0 atom stereocenters. The quantitative estimate of drug-likeness (QED) is 0.775. The molecule has 0 fully saturated rings. The number of esters is 1. The lowest BCUT2D eigenvalue weighted by Crippen LogP contribution is -2.05. The van der Waals surface area contributed by atoms with E-state index < -0.39 is 0 Å². The lowest BCUT2D eigenvalue weighted by Gasteiger charge is -2.05. The number of aryl methyl sites for hydroxylation is 1. The van der Waals surface area contributed by atoms with Crippen molar-refractivity contribution in [3.63, 3.8) is 0 Å². The summed E-state index contributed by atoms with van der Waals surface area (Å²) >= 11 is 3.25. The second kappa shape index (κ2) is 4.94. The van der Waals surface area contributed by atoms with Crippen molar-refractivity contribution in [2.45, 2.75) is 13.8 Å². The van der Waals surface area contributed by atoms with Crippen molar-refractivity contribution in [3.8, 4) is 6.07 Å². The molecule has 4 heteroatoms. The first-order valence-corrected chi connectivity index (χ1v) is 5.26. The number of hydrogen-bond acceptors (Lipinski definition) is 3. The van der Waals surface area contributed by atoms with Crippen molar-refractivity contribution in [2.24, 2.45) is 0 Å². The number of benzene rings is 1. The van der Waals surface area contributed by atoms with Crippen LogP contribution in [0.5, 0.6) is 0 Å². The van der Waals surface area contributed by atoms with Crippen molar-refractivity contribution in [3.05, 3.63) is 33.3 Å². The summed E-state index contributed by atoms with van der Waals surface area (Å²) < 4.78 is 5.49. The first kappa shape index (κ1) is 11.7. The molecule has 0 unspecified atom stereocenters. The van der Waals surface area contributed by atoms with Gasteiger partial charge in [-0.05, 0) is 47.5 Å². The molecule has 3 nitrogen and oxygen atoms in total. The number of nitriles is 1. The number of ether oxygens (including phenoxy) is 1. The van der Waals surface area contributed by atoms with E-state index in [1.54, 1.807) is 26.0 Å². The fourth-order valence-corrected chi connectivity index (χ4v) is 1.87. The highest BCUT2D eigenvalue weighted by atomic mass is 79.9. The van der Waals surface area contributed by atoms with E-state index in [1.807, 2.05) is 0 Å². The van der Waals surface area contributed by atoms with Crippen LogP contribution in [0, 0.1) is 18.3 Å². The van der Waals surface area contributed by atoms with E-state index in [9.17, 15) is 4.79 Å². The van der Waals surface area contributed by atoms with E-state index in [0.717, 1.165) is 5.56 Å². The minimum absolute atomic E-state index is 0.343. The zero-order valence-corrected chi connectivity index (χ0v) is 10.1. The highest BCUT2D eigenvalue weighted by molar-refractivity contribution is 9.10. The molecule has 0 N–H and O–H groups in total. The van der Waals surface area contributed by atoms with Gasteiger partial charge in [-0.1, -0.05) is 0 Å². The first-order valence-electron chi connectivity index (χ1n) is 4.47. The van der Waals surface area contributed by atoms with Crippen LogP contribution in [-0.2, 0) is 4.74 Å². The Morgan fingerprint density at radius 1 is 1.60 bits per heavy atom. The summed E-state index contributed by atoms with van der Waals surface area (Å²) in [5, 5.41) is 8.84. The Morgan fingerprint density at radius 3 is 2.73 bits per heavy atom. The zero-order valence-electron chi connectivity index (χ0n) is 8.50. The lowest BCUT2D eigenvalue weighted by atomic mass is 10.1. The summed E-state index contributed by atoms with van der Waals surface area (Å²) in [5.41, 5.74) is 1.76. The molecule has 15 heavy (non-hydrogen) atoms. The molecule has 1 aromatic carbocycles. The third kappa shape index (κ3) is 2.57. The Hall–Kier alpha value is -1.34. The molecule has 0 spiro atoms. The summed E-state index contributed by atoms with van der Waals surface area (Å²) in [4.78, 5) is 11.4. The van der Waals surface area contributed by atoms with Crippen LogP contribution in [0.25, 0.3) is 0 Å². The molecule has 0 aliphatic heterocycles. The van der Waals surface area contributed by atoms with Gasteiger partial charge in [-0.3, -0.25) is 0 Å². The molecule has 1 rings (SSSR count). The summed E-state index contributed by atoms with van der Waals surface area (Å²) in [7, 11) is 0. The third-order valence-corrected chi connectivity index (χ3v) is 2.54.